The first kappa shape index (κ1) is 22.0. The van der Waals surface area contributed by atoms with Gasteiger partial charge in [0.05, 0.1) is 15.1 Å². The van der Waals surface area contributed by atoms with E-state index in [0.717, 1.165) is 23.5 Å². The highest BCUT2D eigenvalue weighted by Crippen LogP contribution is 2.64. The minimum absolute atomic E-state index is 0.0710. The normalized spacial score (nSPS) is 24.7. The van der Waals surface area contributed by atoms with Crippen molar-refractivity contribution in [1.82, 2.24) is 4.98 Å². The molecule has 1 aliphatic heterocycles. The molecule has 1 aliphatic rings. The number of ether oxygens (including phenoxy) is 1. The minimum atomic E-state index is -6.81. The molecule has 2 heterocycles. The predicted molar refractivity (Wildman–Crippen MR) is 79.6 cm³/mol. The Bertz CT molecular complexity index is 1060. The molecule has 0 saturated carbocycles. The van der Waals surface area contributed by atoms with Crippen LogP contribution < -0.4 is 5.32 Å². The summed E-state index contributed by atoms with van der Waals surface area (Å²) in [5.74, 6) is -29.2. The average molecular weight is 469 g/mol. The van der Waals surface area contributed by atoms with Crippen LogP contribution in [0.4, 0.5) is 50.3 Å². The number of non-ortho nitro benzene ring substituents is 1. The maximum Gasteiger partial charge on any atom is 0.428 e. The van der Waals surface area contributed by atoms with Gasteiger partial charge in [-0.25, -0.2) is 4.98 Å². The molecule has 1 aromatic carbocycles. The van der Waals surface area contributed by atoms with Gasteiger partial charge in [-0.1, -0.05) is 11.3 Å². The second-order valence-corrected chi connectivity index (χ2v) is 6.85. The van der Waals surface area contributed by atoms with Gasteiger partial charge in [0.25, 0.3) is 5.69 Å². The van der Waals surface area contributed by atoms with Gasteiger partial charge in [-0.3, -0.25) is 25.0 Å². The molecule has 2 aromatic rings. The van der Waals surface area contributed by atoms with Crippen LogP contribution in [-0.4, -0.2) is 45.5 Å². The third-order valence-corrected chi connectivity index (χ3v) is 4.86. The van der Waals surface area contributed by atoms with Crippen LogP contribution in [0.3, 0.4) is 0 Å². The molecule has 1 saturated heterocycles. The number of nitro benzene ring substituents is 1. The van der Waals surface area contributed by atoms with Crippen molar-refractivity contribution in [2.75, 3.05) is 5.32 Å². The van der Waals surface area contributed by atoms with Crippen molar-refractivity contribution in [2.45, 2.75) is 29.7 Å². The van der Waals surface area contributed by atoms with E-state index in [-0.39, 0.29) is 21.6 Å². The lowest BCUT2D eigenvalue weighted by atomic mass is 9.99. The molecule has 0 spiro atoms. The van der Waals surface area contributed by atoms with E-state index in [4.69, 9.17) is 0 Å². The fourth-order valence-corrected chi connectivity index (χ4v) is 3.25. The third-order valence-electron chi connectivity index (χ3n) is 3.92. The van der Waals surface area contributed by atoms with Crippen LogP contribution in [0.15, 0.2) is 18.2 Å². The predicted octanol–water partition coefficient (Wildman–Crippen LogP) is 4.34. The van der Waals surface area contributed by atoms with E-state index in [9.17, 15) is 54.4 Å². The van der Waals surface area contributed by atoms with Gasteiger partial charge < -0.3 is 0 Å². The van der Waals surface area contributed by atoms with Crippen molar-refractivity contribution in [3.8, 4) is 0 Å². The van der Waals surface area contributed by atoms with Crippen LogP contribution >= 0.6 is 11.3 Å². The Morgan fingerprint density at radius 1 is 1.13 bits per heavy atom. The summed E-state index contributed by atoms with van der Waals surface area (Å²) in [5.41, 5.74) is -0.583. The van der Waals surface area contributed by atoms with Crippen molar-refractivity contribution in [1.29, 1.82) is 0 Å². The monoisotopic (exact) mass is 469 g/mol. The number of aromatic nitrogens is 1. The van der Waals surface area contributed by atoms with Crippen LogP contribution in [0.25, 0.3) is 10.2 Å². The second-order valence-electron chi connectivity index (χ2n) is 5.82. The van der Waals surface area contributed by atoms with Crippen molar-refractivity contribution in [2.24, 2.45) is 0 Å². The zero-order chi connectivity index (χ0) is 22.9. The Kier molecular flexibility index (Phi) is 4.52. The number of alkyl halides is 9. The molecule has 30 heavy (non-hydrogen) atoms. The number of nitrogens with one attached hydrogen (secondary N) is 1. The van der Waals surface area contributed by atoms with Crippen molar-refractivity contribution < 1.29 is 54.0 Å². The minimum Gasteiger partial charge on any atom is -0.296 e. The summed E-state index contributed by atoms with van der Waals surface area (Å²) in [6.45, 7) is 0. The van der Waals surface area contributed by atoms with E-state index in [1.165, 1.54) is 0 Å². The Labute approximate surface area is 161 Å². The average Bonchev–Trinajstić information content (AvgIpc) is 3.04. The molecule has 1 aromatic heterocycles. The van der Waals surface area contributed by atoms with Crippen molar-refractivity contribution in [3.05, 3.63) is 28.3 Å². The van der Waals surface area contributed by atoms with Crippen LogP contribution in [0.5, 0.6) is 0 Å². The molecule has 1 amide bonds. The van der Waals surface area contributed by atoms with Gasteiger partial charge in [0.2, 0.25) is 0 Å². The number of hydrogen-bond acceptors (Lipinski definition) is 6. The summed E-state index contributed by atoms with van der Waals surface area (Å²) in [4.78, 5) is 25.0. The molecule has 1 fully saturated rings. The molecular formula is C13H4F9N3O4S. The molecule has 7 nitrogen and oxygen atoms in total. The fraction of sp³-hybridized carbons (Fsp3) is 0.385. The van der Waals surface area contributed by atoms with E-state index in [1.807, 2.05) is 0 Å². The van der Waals surface area contributed by atoms with Crippen LogP contribution in [-0.2, 0) is 9.53 Å². The third kappa shape index (κ3) is 2.71. The molecule has 17 heteroatoms. The highest BCUT2D eigenvalue weighted by molar-refractivity contribution is 7.22. The van der Waals surface area contributed by atoms with Crippen molar-refractivity contribution >= 4 is 38.3 Å². The maximum atomic E-state index is 14.1. The smallest absolute Gasteiger partial charge is 0.296 e. The maximum absolute atomic E-state index is 14.1. The number of amides is 1. The zero-order valence-corrected chi connectivity index (χ0v) is 14.4. The first-order chi connectivity index (χ1) is 13.5. The fourth-order valence-electron chi connectivity index (χ4n) is 2.35. The van der Waals surface area contributed by atoms with Gasteiger partial charge in [0.15, 0.2) is 5.13 Å². The molecule has 0 radical (unpaired) electrons. The standard InChI is InChI=1S/C13H4F9N3O4S/c14-9(15,12(20)10(16,17)11(18,19)13(21,22)29-12)7(26)24-8-23-5-2-1-4(25(27)28)3-6(5)30-8/h1-3H,(H,23,24,26)/t12-/m0/s1. The number of nitrogens with zero attached hydrogens (tertiary/aromatic N) is 2. The SMILES string of the molecule is O=C(Nc1nc2ccc([N+](=O)[O-])cc2s1)C(F)(F)[C@]1(F)OC(F)(F)C(F)(F)C1(F)F. The summed E-state index contributed by atoms with van der Waals surface area (Å²) in [6.07, 6.45) is -6.36. The van der Waals surface area contributed by atoms with Gasteiger partial charge in [0.1, 0.15) is 0 Å². The van der Waals surface area contributed by atoms with Gasteiger partial charge in [-0.05, 0) is 6.07 Å². The lowest BCUT2D eigenvalue weighted by Crippen LogP contribution is -2.63. The number of fused-ring (bicyclic) bond motifs is 1. The van der Waals surface area contributed by atoms with Gasteiger partial charge >= 0.3 is 35.6 Å². The van der Waals surface area contributed by atoms with Gasteiger partial charge in [0, 0.05) is 12.1 Å². The second kappa shape index (κ2) is 6.16. The van der Waals surface area contributed by atoms with Crippen LogP contribution in [0.1, 0.15) is 0 Å². The van der Waals surface area contributed by atoms with Crippen molar-refractivity contribution in [3.63, 3.8) is 0 Å². The number of rotatable bonds is 4. The largest absolute Gasteiger partial charge is 0.428 e. The topological polar surface area (TPSA) is 94.4 Å². The number of nitro groups is 1. The van der Waals surface area contributed by atoms with Crippen LogP contribution in [0, 0.1) is 10.1 Å². The number of carbonyl (C=O) groups excluding carboxylic acids is 1. The lowest BCUT2D eigenvalue weighted by Gasteiger charge is -2.31. The number of anilines is 1. The highest BCUT2D eigenvalue weighted by Gasteiger charge is 2.96. The van der Waals surface area contributed by atoms with E-state index in [0.29, 0.717) is 0 Å². The molecule has 0 bridgehead atoms. The molecule has 0 unspecified atom stereocenters. The molecule has 1 N–H and O–H groups in total. The number of hydrogen-bond donors (Lipinski definition) is 1. The zero-order valence-electron chi connectivity index (χ0n) is 13.6. The Balaban J connectivity index is 1.94. The summed E-state index contributed by atoms with van der Waals surface area (Å²) in [5, 5.41) is 11.0. The molecular weight excluding hydrogens is 465 g/mol. The van der Waals surface area contributed by atoms with E-state index in [2.05, 4.69) is 9.72 Å². The first-order valence-electron chi connectivity index (χ1n) is 7.25. The van der Waals surface area contributed by atoms with E-state index < -0.39 is 51.4 Å². The number of halogens is 9. The van der Waals surface area contributed by atoms with Gasteiger partial charge in [-0.2, -0.15) is 39.5 Å². The van der Waals surface area contributed by atoms with E-state index in [1.54, 1.807) is 0 Å². The Hall–Kier alpha value is -2.69. The summed E-state index contributed by atoms with van der Waals surface area (Å²) >= 11 is 0.286. The quantitative estimate of drug-likeness (QED) is 0.409. The molecule has 1 atom stereocenters. The number of benzene rings is 1. The number of carbonyl (C=O) groups is 1. The Morgan fingerprint density at radius 2 is 1.73 bits per heavy atom. The van der Waals surface area contributed by atoms with E-state index >= 15 is 0 Å². The summed E-state index contributed by atoms with van der Waals surface area (Å²) < 4.78 is 123. The lowest BCUT2D eigenvalue weighted by molar-refractivity contribution is -0.384. The highest BCUT2D eigenvalue weighted by atomic mass is 32.1. The first-order valence-corrected chi connectivity index (χ1v) is 8.06. The van der Waals surface area contributed by atoms with Crippen LogP contribution in [0.2, 0.25) is 0 Å². The molecule has 3 rings (SSSR count). The molecule has 0 aliphatic carbocycles. The van der Waals surface area contributed by atoms with Gasteiger partial charge in [-0.15, -0.1) is 0 Å². The molecule has 164 valence electrons. The Morgan fingerprint density at radius 3 is 2.23 bits per heavy atom. The summed E-state index contributed by atoms with van der Waals surface area (Å²) in [6, 6.07) is 2.85. The summed E-state index contributed by atoms with van der Waals surface area (Å²) in [7, 11) is 0. The number of thiazole rings is 1.